The second-order valence-corrected chi connectivity index (χ2v) is 6.75. The van der Waals surface area contributed by atoms with Gasteiger partial charge in [-0.2, -0.15) is 0 Å². The Bertz CT molecular complexity index is 677. The average molecular weight is 352 g/mol. The van der Waals surface area contributed by atoms with E-state index in [-0.39, 0.29) is 5.78 Å². The van der Waals surface area contributed by atoms with Crippen LogP contribution in [-0.4, -0.2) is 54.9 Å². The third-order valence-electron chi connectivity index (χ3n) is 4.89. The molecule has 4 heteroatoms. The van der Waals surface area contributed by atoms with Crippen LogP contribution in [-0.2, 0) is 6.54 Å². The van der Waals surface area contributed by atoms with Crippen LogP contribution in [0.4, 0.5) is 0 Å². The molecule has 2 aromatic rings. The Hall–Kier alpha value is -2.17. The van der Waals surface area contributed by atoms with Gasteiger partial charge in [0.15, 0.2) is 5.78 Å². The molecule has 1 aliphatic rings. The van der Waals surface area contributed by atoms with Crippen LogP contribution in [0.3, 0.4) is 0 Å². The molecular weight excluding hydrogens is 324 g/mol. The van der Waals surface area contributed by atoms with E-state index in [0.717, 1.165) is 50.6 Å². The molecule has 4 nitrogen and oxygen atoms in total. The zero-order valence-electron chi connectivity index (χ0n) is 15.6. The number of hydrogen-bond acceptors (Lipinski definition) is 4. The molecule has 3 rings (SSSR count). The Balaban J connectivity index is 1.35. The quantitative estimate of drug-likeness (QED) is 0.681. The fourth-order valence-corrected chi connectivity index (χ4v) is 3.25. The monoisotopic (exact) mass is 352 g/mol. The molecule has 0 atom stereocenters. The van der Waals surface area contributed by atoms with E-state index in [1.165, 1.54) is 5.56 Å². The number of Topliss-reactive ketones (excluding diaryl/α,β-unsaturated/α-hetero) is 1. The highest BCUT2D eigenvalue weighted by molar-refractivity contribution is 5.95. The van der Waals surface area contributed by atoms with Gasteiger partial charge in [0.1, 0.15) is 12.4 Å². The summed E-state index contributed by atoms with van der Waals surface area (Å²) in [6.45, 7) is 8.90. The third kappa shape index (κ3) is 5.41. The summed E-state index contributed by atoms with van der Waals surface area (Å²) in [4.78, 5) is 16.6. The largest absolute Gasteiger partial charge is 0.492 e. The van der Waals surface area contributed by atoms with Crippen molar-refractivity contribution in [2.75, 3.05) is 39.3 Å². The molecule has 0 aliphatic carbocycles. The summed E-state index contributed by atoms with van der Waals surface area (Å²) in [5, 5.41) is 0. The highest BCUT2D eigenvalue weighted by atomic mass is 16.5. The second kappa shape index (κ2) is 9.51. The summed E-state index contributed by atoms with van der Waals surface area (Å²) in [5.41, 5.74) is 2.14. The summed E-state index contributed by atoms with van der Waals surface area (Å²) in [6, 6.07) is 18.1. The molecule has 0 spiro atoms. The standard InChI is InChI=1S/C22H28N2O2/c1-2-22(25)20-8-10-21(11-9-20)26-17-16-23-12-14-24(15-13-23)18-19-6-4-3-5-7-19/h3-11H,2,12-18H2,1H3. The van der Waals surface area contributed by atoms with Crippen LogP contribution >= 0.6 is 0 Å². The first-order chi connectivity index (χ1) is 12.7. The minimum atomic E-state index is 0.171. The molecular formula is C22H28N2O2. The van der Waals surface area contributed by atoms with E-state index in [1.54, 1.807) is 0 Å². The molecule has 26 heavy (non-hydrogen) atoms. The fraction of sp³-hybridized carbons (Fsp3) is 0.409. The first-order valence-corrected chi connectivity index (χ1v) is 9.49. The second-order valence-electron chi connectivity index (χ2n) is 6.75. The van der Waals surface area contributed by atoms with Gasteiger partial charge in [0, 0.05) is 51.3 Å². The predicted molar refractivity (Wildman–Crippen MR) is 105 cm³/mol. The molecule has 1 heterocycles. The number of carbonyl (C=O) groups is 1. The maximum atomic E-state index is 11.6. The fourth-order valence-electron chi connectivity index (χ4n) is 3.25. The van der Waals surface area contributed by atoms with Gasteiger partial charge in [-0.1, -0.05) is 37.3 Å². The van der Waals surface area contributed by atoms with Crippen molar-refractivity contribution in [3.63, 3.8) is 0 Å². The van der Waals surface area contributed by atoms with Crippen molar-refractivity contribution < 1.29 is 9.53 Å². The van der Waals surface area contributed by atoms with Gasteiger partial charge in [-0.05, 0) is 29.8 Å². The van der Waals surface area contributed by atoms with E-state index >= 15 is 0 Å². The molecule has 1 fully saturated rings. The Labute approximate surface area is 156 Å². The van der Waals surface area contributed by atoms with Gasteiger partial charge in [-0.3, -0.25) is 14.6 Å². The Morgan fingerprint density at radius 1 is 0.923 bits per heavy atom. The highest BCUT2D eigenvalue weighted by Crippen LogP contribution is 2.14. The number of piperazine rings is 1. The highest BCUT2D eigenvalue weighted by Gasteiger charge is 2.16. The summed E-state index contributed by atoms with van der Waals surface area (Å²) in [6.07, 6.45) is 0.538. The van der Waals surface area contributed by atoms with Gasteiger partial charge in [-0.25, -0.2) is 0 Å². The van der Waals surface area contributed by atoms with E-state index in [2.05, 4.69) is 40.1 Å². The average Bonchev–Trinajstić information content (AvgIpc) is 2.70. The van der Waals surface area contributed by atoms with Crippen molar-refractivity contribution in [2.24, 2.45) is 0 Å². The molecule has 1 saturated heterocycles. The maximum absolute atomic E-state index is 11.6. The van der Waals surface area contributed by atoms with Gasteiger partial charge in [0.2, 0.25) is 0 Å². The number of hydrogen-bond donors (Lipinski definition) is 0. The van der Waals surface area contributed by atoms with E-state index < -0.39 is 0 Å². The number of nitrogens with zero attached hydrogens (tertiary/aromatic N) is 2. The lowest BCUT2D eigenvalue weighted by Gasteiger charge is -2.34. The minimum absolute atomic E-state index is 0.171. The minimum Gasteiger partial charge on any atom is -0.492 e. The molecule has 0 saturated carbocycles. The van der Waals surface area contributed by atoms with Gasteiger partial charge in [0.05, 0.1) is 0 Å². The predicted octanol–water partition coefficient (Wildman–Crippen LogP) is 3.48. The van der Waals surface area contributed by atoms with Crippen molar-refractivity contribution in [2.45, 2.75) is 19.9 Å². The molecule has 0 amide bonds. The summed E-state index contributed by atoms with van der Waals surface area (Å²) in [5.74, 6) is 1.00. The van der Waals surface area contributed by atoms with E-state index in [9.17, 15) is 4.79 Å². The van der Waals surface area contributed by atoms with E-state index in [0.29, 0.717) is 13.0 Å². The third-order valence-corrected chi connectivity index (χ3v) is 4.89. The van der Waals surface area contributed by atoms with Crippen LogP contribution in [0.5, 0.6) is 5.75 Å². The molecule has 2 aromatic carbocycles. The molecule has 138 valence electrons. The first kappa shape index (κ1) is 18.6. The zero-order valence-corrected chi connectivity index (χ0v) is 15.6. The van der Waals surface area contributed by atoms with Gasteiger partial charge >= 0.3 is 0 Å². The molecule has 0 N–H and O–H groups in total. The van der Waals surface area contributed by atoms with Crippen molar-refractivity contribution in [1.29, 1.82) is 0 Å². The number of rotatable bonds is 8. The van der Waals surface area contributed by atoms with Crippen LogP contribution in [0.1, 0.15) is 29.3 Å². The Kier molecular flexibility index (Phi) is 6.81. The van der Waals surface area contributed by atoms with Crippen molar-refractivity contribution in [1.82, 2.24) is 9.80 Å². The van der Waals surface area contributed by atoms with Crippen LogP contribution in [0.2, 0.25) is 0 Å². The number of benzene rings is 2. The summed E-state index contributed by atoms with van der Waals surface area (Å²) < 4.78 is 5.83. The summed E-state index contributed by atoms with van der Waals surface area (Å²) >= 11 is 0. The Morgan fingerprint density at radius 2 is 1.58 bits per heavy atom. The Morgan fingerprint density at radius 3 is 2.23 bits per heavy atom. The zero-order chi connectivity index (χ0) is 18.2. The molecule has 1 aliphatic heterocycles. The lowest BCUT2D eigenvalue weighted by molar-refractivity contribution is 0.0988. The van der Waals surface area contributed by atoms with Crippen LogP contribution in [0, 0.1) is 0 Å². The first-order valence-electron chi connectivity index (χ1n) is 9.49. The van der Waals surface area contributed by atoms with Gasteiger partial charge < -0.3 is 4.74 Å². The molecule has 0 bridgehead atoms. The lowest BCUT2D eigenvalue weighted by Crippen LogP contribution is -2.47. The number of ether oxygens (including phenoxy) is 1. The number of carbonyl (C=O) groups excluding carboxylic acids is 1. The van der Waals surface area contributed by atoms with E-state index in [1.807, 2.05) is 31.2 Å². The van der Waals surface area contributed by atoms with E-state index in [4.69, 9.17) is 4.74 Å². The molecule has 0 radical (unpaired) electrons. The number of ketones is 1. The molecule has 0 unspecified atom stereocenters. The van der Waals surface area contributed by atoms with Crippen molar-refractivity contribution in [3.8, 4) is 5.75 Å². The van der Waals surface area contributed by atoms with Crippen LogP contribution < -0.4 is 4.74 Å². The van der Waals surface area contributed by atoms with Crippen LogP contribution in [0.25, 0.3) is 0 Å². The maximum Gasteiger partial charge on any atom is 0.162 e. The topological polar surface area (TPSA) is 32.8 Å². The smallest absolute Gasteiger partial charge is 0.162 e. The summed E-state index contributed by atoms with van der Waals surface area (Å²) in [7, 11) is 0. The van der Waals surface area contributed by atoms with Crippen molar-refractivity contribution >= 4 is 5.78 Å². The van der Waals surface area contributed by atoms with Crippen molar-refractivity contribution in [3.05, 3.63) is 65.7 Å². The lowest BCUT2D eigenvalue weighted by atomic mass is 10.1. The molecule has 0 aromatic heterocycles. The van der Waals surface area contributed by atoms with Gasteiger partial charge in [-0.15, -0.1) is 0 Å². The van der Waals surface area contributed by atoms with Gasteiger partial charge in [0.25, 0.3) is 0 Å². The normalized spacial score (nSPS) is 15.7. The SMILES string of the molecule is CCC(=O)c1ccc(OCCN2CCN(Cc3ccccc3)CC2)cc1. The van der Waals surface area contributed by atoms with Crippen LogP contribution in [0.15, 0.2) is 54.6 Å².